The lowest BCUT2D eigenvalue weighted by Crippen LogP contribution is -2.40. The summed E-state index contributed by atoms with van der Waals surface area (Å²) in [4.78, 5) is 12.1. The lowest BCUT2D eigenvalue weighted by atomic mass is 9.98. The van der Waals surface area contributed by atoms with E-state index in [-0.39, 0.29) is 42.2 Å². The smallest absolute Gasteiger partial charge is 0.224 e. The first kappa shape index (κ1) is 17.9. The average molecular weight is 317 g/mol. The van der Waals surface area contributed by atoms with Gasteiger partial charge in [-0.25, -0.2) is 4.39 Å². The van der Waals surface area contributed by atoms with Crippen LogP contribution >= 0.6 is 12.4 Å². The van der Waals surface area contributed by atoms with E-state index in [1.54, 1.807) is 19.1 Å². The van der Waals surface area contributed by atoms with Gasteiger partial charge in [-0.15, -0.1) is 12.4 Å². The van der Waals surface area contributed by atoms with E-state index in [0.29, 0.717) is 13.2 Å². The third-order valence-corrected chi connectivity index (χ3v) is 3.66. The molecule has 0 aliphatic carbocycles. The summed E-state index contributed by atoms with van der Waals surface area (Å²) in [6.45, 7) is 2.78. The van der Waals surface area contributed by atoms with Crippen LogP contribution in [-0.4, -0.2) is 25.2 Å². The second-order valence-electron chi connectivity index (χ2n) is 5.23. The maximum Gasteiger partial charge on any atom is 0.224 e. The van der Waals surface area contributed by atoms with Crippen molar-refractivity contribution in [1.82, 2.24) is 5.32 Å². The molecule has 21 heavy (non-hydrogen) atoms. The van der Waals surface area contributed by atoms with Crippen LogP contribution in [0.25, 0.3) is 0 Å². The van der Waals surface area contributed by atoms with E-state index in [9.17, 15) is 9.18 Å². The fourth-order valence-corrected chi connectivity index (χ4v) is 2.33. The molecular weight excluding hydrogens is 295 g/mol. The Balaban J connectivity index is 0.00000220. The van der Waals surface area contributed by atoms with Gasteiger partial charge >= 0.3 is 0 Å². The van der Waals surface area contributed by atoms with Gasteiger partial charge < -0.3 is 15.8 Å². The Morgan fingerprint density at radius 3 is 2.67 bits per heavy atom. The Hall–Kier alpha value is -1.17. The zero-order valence-electron chi connectivity index (χ0n) is 12.0. The van der Waals surface area contributed by atoms with Crippen LogP contribution in [0.4, 0.5) is 4.39 Å². The number of carbonyl (C=O) groups excluding carboxylic acids is 1. The summed E-state index contributed by atoms with van der Waals surface area (Å²) in [5.74, 6) is -0.641. The zero-order chi connectivity index (χ0) is 14.5. The van der Waals surface area contributed by atoms with Gasteiger partial charge in [-0.1, -0.05) is 19.1 Å². The number of hydrogen-bond acceptors (Lipinski definition) is 3. The summed E-state index contributed by atoms with van der Waals surface area (Å²) in [5.41, 5.74) is 6.38. The molecule has 0 aromatic heterocycles. The van der Waals surface area contributed by atoms with Gasteiger partial charge in [0.25, 0.3) is 0 Å². The van der Waals surface area contributed by atoms with Crippen LogP contribution in [0.1, 0.15) is 31.4 Å². The quantitative estimate of drug-likeness (QED) is 0.875. The van der Waals surface area contributed by atoms with E-state index in [2.05, 4.69) is 5.32 Å². The molecule has 1 aliphatic rings. The summed E-state index contributed by atoms with van der Waals surface area (Å²) in [7, 11) is 0. The number of nitrogens with two attached hydrogens (primary N) is 1. The highest BCUT2D eigenvalue weighted by Gasteiger charge is 2.29. The number of nitrogens with one attached hydrogen (secondary N) is 1. The molecule has 3 N–H and O–H groups in total. The molecule has 0 spiro atoms. The van der Waals surface area contributed by atoms with Crippen molar-refractivity contribution in [1.29, 1.82) is 0 Å². The SMILES string of the molecule is CC(CN)C(=O)NC(c1ccc(F)cc1)C1CCCO1.Cl. The molecule has 0 bridgehead atoms. The molecule has 1 fully saturated rings. The largest absolute Gasteiger partial charge is 0.376 e. The third kappa shape index (κ3) is 4.66. The number of rotatable bonds is 5. The first-order valence-corrected chi connectivity index (χ1v) is 6.99. The predicted molar refractivity (Wildman–Crippen MR) is 81.7 cm³/mol. The van der Waals surface area contributed by atoms with Crippen LogP contribution in [0.2, 0.25) is 0 Å². The van der Waals surface area contributed by atoms with Crippen LogP contribution in [0.15, 0.2) is 24.3 Å². The molecule has 2 rings (SSSR count). The molecule has 1 aliphatic heterocycles. The molecule has 1 aromatic carbocycles. The monoisotopic (exact) mass is 316 g/mol. The highest BCUT2D eigenvalue weighted by Crippen LogP contribution is 2.27. The van der Waals surface area contributed by atoms with Crippen LogP contribution in [0.5, 0.6) is 0 Å². The molecule has 1 saturated heterocycles. The van der Waals surface area contributed by atoms with E-state index in [1.165, 1.54) is 12.1 Å². The summed E-state index contributed by atoms with van der Waals surface area (Å²) in [5, 5.41) is 2.98. The molecule has 118 valence electrons. The molecule has 6 heteroatoms. The summed E-state index contributed by atoms with van der Waals surface area (Å²) < 4.78 is 18.7. The van der Waals surface area contributed by atoms with Crippen molar-refractivity contribution in [2.75, 3.05) is 13.2 Å². The van der Waals surface area contributed by atoms with Crippen molar-refractivity contribution in [3.63, 3.8) is 0 Å². The van der Waals surface area contributed by atoms with Gasteiger partial charge in [-0.05, 0) is 30.5 Å². The second-order valence-corrected chi connectivity index (χ2v) is 5.23. The Bertz CT molecular complexity index is 449. The number of ether oxygens (including phenoxy) is 1. The second kappa shape index (κ2) is 8.32. The van der Waals surface area contributed by atoms with Crippen molar-refractivity contribution in [2.45, 2.75) is 31.9 Å². The molecule has 1 aromatic rings. The van der Waals surface area contributed by atoms with Gasteiger partial charge in [0.2, 0.25) is 5.91 Å². The molecule has 3 unspecified atom stereocenters. The number of hydrogen-bond donors (Lipinski definition) is 2. The van der Waals surface area contributed by atoms with Gasteiger partial charge in [-0.3, -0.25) is 4.79 Å². The van der Waals surface area contributed by atoms with Crippen LogP contribution in [-0.2, 0) is 9.53 Å². The van der Waals surface area contributed by atoms with Crippen molar-refractivity contribution < 1.29 is 13.9 Å². The Morgan fingerprint density at radius 2 is 2.14 bits per heavy atom. The van der Waals surface area contributed by atoms with E-state index in [4.69, 9.17) is 10.5 Å². The summed E-state index contributed by atoms with van der Waals surface area (Å²) in [6, 6.07) is 5.93. The van der Waals surface area contributed by atoms with E-state index < -0.39 is 0 Å². The van der Waals surface area contributed by atoms with E-state index >= 15 is 0 Å². The topological polar surface area (TPSA) is 64.4 Å². The van der Waals surface area contributed by atoms with Crippen molar-refractivity contribution >= 4 is 18.3 Å². The van der Waals surface area contributed by atoms with Gasteiger partial charge in [0, 0.05) is 19.1 Å². The number of benzene rings is 1. The first-order chi connectivity index (χ1) is 9.61. The van der Waals surface area contributed by atoms with Gasteiger partial charge in [-0.2, -0.15) is 0 Å². The summed E-state index contributed by atoms with van der Waals surface area (Å²) in [6.07, 6.45) is 1.80. The van der Waals surface area contributed by atoms with Gasteiger partial charge in [0.05, 0.1) is 12.1 Å². The molecule has 1 amide bonds. The van der Waals surface area contributed by atoms with Gasteiger partial charge in [0.15, 0.2) is 0 Å². The molecule has 3 atom stereocenters. The van der Waals surface area contributed by atoms with Crippen LogP contribution in [0, 0.1) is 11.7 Å². The van der Waals surface area contributed by atoms with Crippen LogP contribution in [0.3, 0.4) is 0 Å². The molecule has 4 nitrogen and oxygen atoms in total. The molecule has 0 radical (unpaired) electrons. The minimum Gasteiger partial charge on any atom is -0.376 e. The minimum absolute atomic E-state index is 0. The number of carbonyl (C=O) groups is 1. The van der Waals surface area contributed by atoms with Crippen LogP contribution < -0.4 is 11.1 Å². The predicted octanol–water partition coefficient (Wildman–Crippen LogP) is 2.18. The lowest BCUT2D eigenvalue weighted by molar-refractivity contribution is -0.126. The van der Waals surface area contributed by atoms with Crippen molar-refractivity contribution in [3.05, 3.63) is 35.6 Å². The standard InChI is InChI=1S/C15H21FN2O2.ClH/c1-10(9-17)15(19)18-14(13-3-2-8-20-13)11-4-6-12(16)7-5-11;/h4-7,10,13-14H,2-3,8-9,17H2,1H3,(H,18,19);1H. The number of halogens is 2. The van der Waals surface area contributed by atoms with Crippen molar-refractivity contribution in [2.24, 2.45) is 11.7 Å². The summed E-state index contributed by atoms with van der Waals surface area (Å²) >= 11 is 0. The Kier molecular flexibility index (Phi) is 7.08. The fourth-order valence-electron chi connectivity index (χ4n) is 2.33. The Labute approximate surface area is 130 Å². The fraction of sp³-hybridized carbons (Fsp3) is 0.533. The highest BCUT2D eigenvalue weighted by molar-refractivity contribution is 5.85. The Morgan fingerprint density at radius 1 is 1.48 bits per heavy atom. The number of amides is 1. The van der Waals surface area contributed by atoms with E-state index in [1.807, 2.05) is 0 Å². The van der Waals surface area contributed by atoms with Gasteiger partial charge in [0.1, 0.15) is 5.82 Å². The highest BCUT2D eigenvalue weighted by atomic mass is 35.5. The molecule has 0 saturated carbocycles. The normalized spacial score (nSPS) is 20.4. The third-order valence-electron chi connectivity index (χ3n) is 3.66. The lowest BCUT2D eigenvalue weighted by Gasteiger charge is -2.26. The molecular formula is C15H22ClFN2O2. The minimum atomic E-state index is -0.290. The average Bonchev–Trinajstić information content (AvgIpc) is 2.98. The van der Waals surface area contributed by atoms with Crippen molar-refractivity contribution in [3.8, 4) is 0 Å². The van der Waals surface area contributed by atoms with E-state index in [0.717, 1.165) is 18.4 Å². The maximum atomic E-state index is 13.0. The zero-order valence-corrected chi connectivity index (χ0v) is 12.9. The first-order valence-electron chi connectivity index (χ1n) is 6.99. The maximum absolute atomic E-state index is 13.0. The molecule has 1 heterocycles.